The first kappa shape index (κ1) is 15.6. The fraction of sp³-hybridized carbons (Fsp3) is 0. The van der Waals surface area contributed by atoms with Gasteiger partial charge in [0.15, 0.2) is 0 Å². The molecule has 6 heteroatoms. The Balaban J connectivity index is -0.0000000480. The van der Waals surface area contributed by atoms with Crippen molar-refractivity contribution < 1.29 is 14.1 Å². The predicted octanol–water partition coefficient (Wildman–Crippen LogP) is -2.12. The van der Waals surface area contributed by atoms with E-state index in [1.54, 1.807) is 0 Å². The van der Waals surface area contributed by atoms with E-state index in [1.165, 1.54) is 0 Å². The quantitative estimate of drug-likeness (QED) is 0.382. The second kappa shape index (κ2) is 15.9. The number of rotatable bonds is 0. The van der Waals surface area contributed by atoms with Crippen molar-refractivity contribution in [2.75, 3.05) is 0 Å². The number of nitrogens with zero attached hydrogens (tertiary/aromatic N) is 1. The molecule has 0 rings (SSSR count). The maximum absolute atomic E-state index is 8.74. The summed E-state index contributed by atoms with van der Waals surface area (Å²) in [5, 5.41) is 6.50. The van der Waals surface area contributed by atoms with Crippen LogP contribution in [0.5, 0.6) is 0 Å². The van der Waals surface area contributed by atoms with Crippen LogP contribution in [0.15, 0.2) is 0 Å². The summed E-state index contributed by atoms with van der Waals surface area (Å²) in [4.78, 5) is 14.3. The number of nitriles is 1. The van der Waals surface area contributed by atoms with Gasteiger partial charge < -0.3 is 9.59 Å². The zero-order valence-corrected chi connectivity index (χ0v) is 3.83. The Kier molecular flexibility index (Phi) is 35.5. The van der Waals surface area contributed by atoms with Crippen molar-refractivity contribution in [2.45, 2.75) is 0 Å². The summed E-state index contributed by atoms with van der Waals surface area (Å²) < 4.78 is 8.74. The third-order valence-corrected chi connectivity index (χ3v) is 0. The second-order valence-electron chi connectivity index (χ2n) is 0.283. The van der Waals surface area contributed by atoms with E-state index in [1.807, 2.05) is 0 Å². The molecular formula is CH4KNO3Si. The van der Waals surface area contributed by atoms with Crippen LogP contribution in [-0.4, -0.2) is 70.1 Å². The van der Waals surface area contributed by atoms with E-state index in [0.717, 1.165) is 0 Å². The zero-order chi connectivity index (χ0) is 5.58. The van der Waals surface area contributed by atoms with Gasteiger partial charge in [-0.15, -0.1) is 0 Å². The summed E-state index contributed by atoms with van der Waals surface area (Å²) in [6.07, 6.45) is 0. The standard InChI is InChI=1S/CHN.K.H2O3Si.H/c1-2;;1-4(2)3;/h1H;;1-2H;. The summed E-state index contributed by atoms with van der Waals surface area (Å²) in [6, 6.07) is 0. The molecule has 0 aromatic rings. The summed E-state index contributed by atoms with van der Waals surface area (Å²) in [5.41, 5.74) is 0. The Morgan fingerprint density at radius 1 is 1.43 bits per heavy atom. The second-order valence-corrected chi connectivity index (χ2v) is 0.848. The van der Waals surface area contributed by atoms with Crippen molar-refractivity contribution in [3.8, 4) is 6.57 Å². The first-order valence-electron chi connectivity index (χ1n) is 0.910. The van der Waals surface area contributed by atoms with E-state index >= 15 is 0 Å². The molecule has 0 aliphatic carbocycles. The SMILES string of the molecule is C#N.O=[Si](O)O.[KH]. The van der Waals surface area contributed by atoms with Gasteiger partial charge in [0.1, 0.15) is 0 Å². The molecular weight excluding hydrogens is 141 g/mol. The number of hydrogen-bond acceptors (Lipinski definition) is 2. The molecule has 0 bridgehead atoms. The van der Waals surface area contributed by atoms with Crippen LogP contribution in [-0.2, 0) is 4.46 Å². The minimum atomic E-state index is -3.13. The average molecular weight is 145 g/mol. The van der Waals surface area contributed by atoms with E-state index in [4.69, 9.17) is 19.3 Å². The normalized spacial score (nSPS) is 3.71. The van der Waals surface area contributed by atoms with E-state index in [-0.39, 0.29) is 51.4 Å². The van der Waals surface area contributed by atoms with Gasteiger partial charge in [0.25, 0.3) is 0 Å². The van der Waals surface area contributed by atoms with Crippen LogP contribution in [0.25, 0.3) is 0 Å². The number of hydrogen-bond donors (Lipinski definition) is 2. The zero-order valence-electron chi connectivity index (χ0n) is 2.83. The molecule has 0 aliphatic rings. The molecule has 0 aliphatic heterocycles. The minimum absolute atomic E-state index is 0. The molecule has 0 spiro atoms. The van der Waals surface area contributed by atoms with Crippen LogP contribution in [0, 0.1) is 11.8 Å². The molecule has 0 saturated heterocycles. The van der Waals surface area contributed by atoms with Gasteiger partial charge in [-0.1, -0.05) is 0 Å². The first-order valence-corrected chi connectivity index (χ1v) is 2.21. The Hall–Kier alpha value is 0.743. The Labute approximate surface area is 85.1 Å². The molecule has 0 radical (unpaired) electrons. The van der Waals surface area contributed by atoms with Gasteiger partial charge in [0.05, 0.1) is 0 Å². The molecule has 4 nitrogen and oxygen atoms in total. The summed E-state index contributed by atoms with van der Waals surface area (Å²) in [7, 11) is -3.13. The van der Waals surface area contributed by atoms with Gasteiger partial charge in [-0.25, -0.2) is 5.26 Å². The Morgan fingerprint density at radius 2 is 1.43 bits per heavy atom. The molecule has 0 aromatic carbocycles. The van der Waals surface area contributed by atoms with Crippen molar-refractivity contribution in [3.05, 3.63) is 0 Å². The third-order valence-electron chi connectivity index (χ3n) is 0. The van der Waals surface area contributed by atoms with Crippen LogP contribution in [0.2, 0.25) is 0 Å². The van der Waals surface area contributed by atoms with Crippen LogP contribution in [0.1, 0.15) is 0 Å². The topological polar surface area (TPSA) is 81.3 Å². The van der Waals surface area contributed by atoms with E-state index in [2.05, 4.69) is 6.57 Å². The monoisotopic (exact) mass is 145 g/mol. The Bertz CT molecular complexity index is 59.2. The van der Waals surface area contributed by atoms with E-state index in [0.29, 0.717) is 0 Å². The van der Waals surface area contributed by atoms with Gasteiger partial charge >= 0.3 is 60.6 Å². The molecule has 0 aromatic heterocycles. The van der Waals surface area contributed by atoms with Gasteiger partial charge in [-0.3, -0.25) is 4.46 Å². The first-order chi connectivity index (χ1) is 2.73. The molecule has 0 saturated carbocycles. The van der Waals surface area contributed by atoms with Crippen molar-refractivity contribution in [2.24, 2.45) is 0 Å². The molecule has 36 valence electrons. The van der Waals surface area contributed by atoms with Gasteiger partial charge in [0, 0.05) is 6.57 Å². The van der Waals surface area contributed by atoms with Crippen LogP contribution in [0.3, 0.4) is 0 Å². The summed E-state index contributed by atoms with van der Waals surface area (Å²) >= 11 is 0. The van der Waals surface area contributed by atoms with Crippen LogP contribution < -0.4 is 0 Å². The van der Waals surface area contributed by atoms with E-state index < -0.39 is 9.17 Å². The molecule has 2 N–H and O–H groups in total. The van der Waals surface area contributed by atoms with Gasteiger partial charge in [-0.05, 0) is 0 Å². The van der Waals surface area contributed by atoms with Crippen molar-refractivity contribution in [1.29, 1.82) is 5.26 Å². The van der Waals surface area contributed by atoms with Gasteiger partial charge in [0.2, 0.25) is 0 Å². The summed E-state index contributed by atoms with van der Waals surface area (Å²) in [6.45, 7) is 3.50. The van der Waals surface area contributed by atoms with Crippen molar-refractivity contribution in [1.82, 2.24) is 0 Å². The molecule has 0 unspecified atom stereocenters. The maximum atomic E-state index is 8.74. The molecule has 0 atom stereocenters. The molecule has 0 heterocycles. The molecule has 7 heavy (non-hydrogen) atoms. The van der Waals surface area contributed by atoms with Crippen LogP contribution >= 0.6 is 0 Å². The molecule has 0 amide bonds. The Morgan fingerprint density at radius 3 is 1.43 bits per heavy atom. The van der Waals surface area contributed by atoms with Gasteiger partial charge in [-0.2, -0.15) is 0 Å². The van der Waals surface area contributed by atoms with Crippen LogP contribution in [0.4, 0.5) is 0 Å². The molecule has 0 fully saturated rings. The summed E-state index contributed by atoms with van der Waals surface area (Å²) in [5.74, 6) is 0. The average Bonchev–Trinajstić information content (AvgIpc) is 1.41. The fourth-order valence-electron chi connectivity index (χ4n) is 0. The van der Waals surface area contributed by atoms with E-state index in [9.17, 15) is 0 Å². The predicted molar refractivity (Wildman–Crippen MR) is 24.7 cm³/mol. The fourth-order valence-corrected chi connectivity index (χ4v) is 0. The van der Waals surface area contributed by atoms with Crippen molar-refractivity contribution in [3.63, 3.8) is 0 Å². The van der Waals surface area contributed by atoms with Crippen molar-refractivity contribution >= 4 is 60.6 Å². The third kappa shape index (κ3) is 275.